The summed E-state index contributed by atoms with van der Waals surface area (Å²) in [6, 6.07) is 0. The van der Waals surface area contributed by atoms with Crippen molar-refractivity contribution in [1.29, 1.82) is 0 Å². The molecule has 0 aromatic carbocycles. The van der Waals surface area contributed by atoms with Crippen molar-refractivity contribution >= 4 is 13.8 Å². The molecule has 8 nitrogen and oxygen atoms in total. The normalized spacial score (nSPS) is 13.3. The van der Waals surface area contributed by atoms with E-state index in [1.807, 2.05) is 21.1 Å². The molecule has 0 aliphatic rings. The number of phosphoric ester groups is 1. The van der Waals surface area contributed by atoms with E-state index in [4.69, 9.17) is 18.5 Å². The lowest BCUT2D eigenvalue weighted by Gasteiger charge is -2.24. The van der Waals surface area contributed by atoms with Gasteiger partial charge in [-0.3, -0.25) is 13.8 Å². The number of hydrogen-bond acceptors (Lipinski definition) is 6. The molecule has 2 atom stereocenters. The first-order valence-electron chi connectivity index (χ1n) is 30.8. The maximum Gasteiger partial charge on any atom is 0.472 e. The molecule has 0 saturated heterocycles. The number of carbonyl (C=O) groups excluding carboxylic acids is 1. The summed E-state index contributed by atoms with van der Waals surface area (Å²) in [5, 5.41) is 0. The minimum Gasteiger partial charge on any atom is -0.457 e. The van der Waals surface area contributed by atoms with Crippen molar-refractivity contribution in [3.8, 4) is 0 Å². The summed E-state index contributed by atoms with van der Waals surface area (Å²) in [4.78, 5) is 23.1. The monoisotopic (exact) mass is 1000 g/mol. The molecule has 0 heterocycles. The van der Waals surface area contributed by atoms with Crippen molar-refractivity contribution in [2.24, 2.45) is 0 Å². The zero-order chi connectivity index (χ0) is 50.5. The average molecular weight is 1000 g/mol. The van der Waals surface area contributed by atoms with Gasteiger partial charge in [-0.15, -0.1) is 0 Å². The van der Waals surface area contributed by atoms with Crippen LogP contribution in [0.3, 0.4) is 0 Å². The van der Waals surface area contributed by atoms with Gasteiger partial charge in [0.2, 0.25) is 0 Å². The van der Waals surface area contributed by atoms with Gasteiger partial charge < -0.3 is 18.9 Å². The number of rotatable bonds is 59. The molecule has 414 valence electrons. The third-order valence-electron chi connectivity index (χ3n) is 14.2. The SMILES string of the molecule is CCCCCCCCCCCCCCCCCCCCCCCCCCCC(=O)OC(COCCCCCCCCCCCCCCCCCCCCCCCC)COP(=O)(O)OCC[N+](C)(C)C. The molecular weight excluding hydrogens is 878 g/mol. The first-order chi connectivity index (χ1) is 33.6. The van der Waals surface area contributed by atoms with E-state index in [1.54, 1.807) is 0 Å². The lowest BCUT2D eigenvalue weighted by atomic mass is 10.0. The Hall–Kier alpha value is -0.500. The molecule has 0 aliphatic heterocycles. The van der Waals surface area contributed by atoms with Gasteiger partial charge in [0, 0.05) is 13.0 Å². The molecule has 0 rings (SSSR count). The second-order valence-corrected chi connectivity index (χ2v) is 23.9. The van der Waals surface area contributed by atoms with Gasteiger partial charge in [0.05, 0.1) is 34.4 Å². The van der Waals surface area contributed by atoms with Gasteiger partial charge in [0.15, 0.2) is 0 Å². The average Bonchev–Trinajstić information content (AvgIpc) is 3.31. The molecule has 0 aromatic rings. The molecule has 0 radical (unpaired) electrons. The predicted molar refractivity (Wildman–Crippen MR) is 298 cm³/mol. The number of ether oxygens (including phenoxy) is 2. The summed E-state index contributed by atoms with van der Waals surface area (Å²) in [7, 11) is 1.70. The highest BCUT2D eigenvalue weighted by molar-refractivity contribution is 7.47. The minimum absolute atomic E-state index is 0.0946. The van der Waals surface area contributed by atoms with E-state index >= 15 is 0 Å². The van der Waals surface area contributed by atoms with E-state index in [0.717, 1.165) is 32.1 Å². The fraction of sp³-hybridized carbons (Fsp3) is 0.983. The molecule has 0 spiro atoms. The fourth-order valence-electron chi connectivity index (χ4n) is 9.44. The van der Waals surface area contributed by atoms with Crippen LogP contribution in [-0.2, 0) is 27.9 Å². The fourth-order valence-corrected chi connectivity index (χ4v) is 10.2. The van der Waals surface area contributed by atoms with Gasteiger partial charge >= 0.3 is 13.8 Å². The standard InChI is InChI=1S/C60H122NO7P/c1-6-8-10-12-14-16-18-20-22-24-26-28-30-31-32-33-35-37-39-41-43-45-47-49-51-53-60(62)68-59(58-67-69(63,64)66-56-54-61(3,4)5)57-65-55-52-50-48-46-44-42-40-38-36-34-29-27-25-23-21-19-17-15-13-11-9-7-2/h59H,6-58H2,1-5H3/p+1. The molecule has 1 N–H and O–H groups in total. The van der Waals surface area contributed by atoms with E-state index in [1.165, 1.54) is 270 Å². The molecule has 0 amide bonds. The number of likely N-dealkylation sites (N-methyl/N-ethyl adjacent to an activating group) is 1. The largest absolute Gasteiger partial charge is 0.472 e. The highest BCUT2D eigenvalue weighted by atomic mass is 31.2. The van der Waals surface area contributed by atoms with Crippen LogP contribution in [0.25, 0.3) is 0 Å². The van der Waals surface area contributed by atoms with Gasteiger partial charge in [-0.2, -0.15) is 0 Å². The van der Waals surface area contributed by atoms with Crippen molar-refractivity contribution in [3.05, 3.63) is 0 Å². The second-order valence-electron chi connectivity index (χ2n) is 22.5. The number of carbonyl (C=O) groups is 1. The first kappa shape index (κ1) is 68.5. The molecule has 9 heteroatoms. The van der Waals surface area contributed by atoms with Crippen LogP contribution >= 0.6 is 7.82 Å². The van der Waals surface area contributed by atoms with Crippen molar-refractivity contribution in [2.75, 3.05) is 54.1 Å². The Morgan fingerprint density at radius 1 is 0.391 bits per heavy atom. The summed E-state index contributed by atoms with van der Waals surface area (Å²) < 4.78 is 35.3. The summed E-state index contributed by atoms with van der Waals surface area (Å²) in [5.41, 5.74) is 0. The maximum absolute atomic E-state index is 12.8. The topological polar surface area (TPSA) is 91.3 Å². The van der Waals surface area contributed by atoms with Crippen molar-refractivity contribution in [3.63, 3.8) is 0 Å². The quantitative estimate of drug-likeness (QED) is 0.0281. The Bertz CT molecular complexity index is 1070. The molecule has 2 unspecified atom stereocenters. The third-order valence-corrected chi connectivity index (χ3v) is 15.2. The number of unbranched alkanes of at least 4 members (excludes halogenated alkanes) is 45. The summed E-state index contributed by atoms with van der Waals surface area (Å²) in [5.74, 6) is -0.302. The Labute approximate surface area is 431 Å². The van der Waals surface area contributed by atoms with Crippen LogP contribution in [0.2, 0.25) is 0 Å². The van der Waals surface area contributed by atoms with Crippen LogP contribution in [0.5, 0.6) is 0 Å². The predicted octanol–water partition coefficient (Wildman–Crippen LogP) is 19.5. The summed E-state index contributed by atoms with van der Waals surface area (Å²) >= 11 is 0. The van der Waals surface area contributed by atoms with Crippen LogP contribution < -0.4 is 0 Å². The van der Waals surface area contributed by atoms with Crippen LogP contribution in [-0.4, -0.2) is 75.6 Å². The molecule has 0 aromatic heterocycles. The van der Waals surface area contributed by atoms with Crippen LogP contribution in [0.1, 0.15) is 322 Å². The molecule has 0 aliphatic carbocycles. The van der Waals surface area contributed by atoms with Crippen molar-refractivity contribution < 1.29 is 37.3 Å². The van der Waals surface area contributed by atoms with E-state index in [-0.39, 0.29) is 25.8 Å². The highest BCUT2D eigenvalue weighted by Gasteiger charge is 2.26. The lowest BCUT2D eigenvalue weighted by molar-refractivity contribution is -0.870. The number of nitrogens with zero attached hydrogens (tertiary/aromatic N) is 1. The number of phosphoric acid groups is 1. The van der Waals surface area contributed by atoms with E-state index < -0.39 is 13.9 Å². The van der Waals surface area contributed by atoms with Crippen LogP contribution in [0.15, 0.2) is 0 Å². The van der Waals surface area contributed by atoms with Crippen molar-refractivity contribution in [2.45, 2.75) is 328 Å². The molecule has 0 fully saturated rings. The maximum atomic E-state index is 12.8. The third kappa shape index (κ3) is 58.3. The highest BCUT2D eigenvalue weighted by Crippen LogP contribution is 2.43. The Morgan fingerprint density at radius 3 is 0.957 bits per heavy atom. The zero-order valence-electron chi connectivity index (χ0n) is 47.3. The Kier molecular flexibility index (Phi) is 53.4. The molecular formula is C60H123NO7P+. The van der Waals surface area contributed by atoms with Crippen molar-refractivity contribution in [1.82, 2.24) is 0 Å². The van der Waals surface area contributed by atoms with Gasteiger partial charge in [0.1, 0.15) is 19.3 Å². The Morgan fingerprint density at radius 2 is 0.667 bits per heavy atom. The van der Waals surface area contributed by atoms with E-state index in [0.29, 0.717) is 24.1 Å². The minimum atomic E-state index is -4.28. The molecule has 69 heavy (non-hydrogen) atoms. The first-order valence-corrected chi connectivity index (χ1v) is 32.3. The van der Waals surface area contributed by atoms with E-state index in [2.05, 4.69) is 13.8 Å². The molecule has 0 saturated carbocycles. The van der Waals surface area contributed by atoms with E-state index in [9.17, 15) is 14.3 Å². The molecule has 0 bridgehead atoms. The van der Waals surface area contributed by atoms with Gasteiger partial charge in [0.25, 0.3) is 0 Å². The number of quaternary nitrogens is 1. The Balaban J connectivity index is 3.97. The van der Waals surface area contributed by atoms with Gasteiger partial charge in [-0.25, -0.2) is 4.57 Å². The van der Waals surface area contributed by atoms with Crippen LogP contribution in [0, 0.1) is 0 Å². The number of esters is 1. The zero-order valence-corrected chi connectivity index (χ0v) is 48.2. The smallest absolute Gasteiger partial charge is 0.457 e. The number of hydrogen-bond donors (Lipinski definition) is 1. The summed E-state index contributed by atoms with van der Waals surface area (Å²) in [6.45, 7) is 5.73. The van der Waals surface area contributed by atoms with Gasteiger partial charge in [-0.05, 0) is 12.8 Å². The van der Waals surface area contributed by atoms with Gasteiger partial charge in [-0.1, -0.05) is 303 Å². The lowest BCUT2D eigenvalue weighted by Crippen LogP contribution is -2.37. The second kappa shape index (κ2) is 53.8. The summed E-state index contributed by atoms with van der Waals surface area (Å²) in [6.07, 6.45) is 63.2. The van der Waals surface area contributed by atoms with Crippen LogP contribution in [0.4, 0.5) is 0 Å².